The first-order valence-electron chi connectivity index (χ1n) is 25.3. The molecule has 1 rings (SSSR count). The van der Waals surface area contributed by atoms with Crippen LogP contribution in [0.1, 0.15) is 239 Å². The quantitative estimate of drug-likeness (QED) is 0.0191. The minimum Gasteiger partial charge on any atom is -0.462 e. The maximum Gasteiger partial charge on any atom is 0.472 e. The van der Waals surface area contributed by atoms with Crippen LogP contribution in [0.4, 0.5) is 0 Å². The third-order valence-corrected chi connectivity index (χ3v) is 13.2. The maximum atomic E-state index is 12.8. The van der Waals surface area contributed by atoms with Crippen molar-refractivity contribution in [2.24, 2.45) is 0 Å². The second kappa shape index (κ2) is 39.1. The Morgan fingerprint density at radius 3 is 1.06 bits per heavy atom. The van der Waals surface area contributed by atoms with E-state index in [9.17, 15) is 44.6 Å². The van der Waals surface area contributed by atoms with Gasteiger partial charge in [0.25, 0.3) is 0 Å². The summed E-state index contributed by atoms with van der Waals surface area (Å²) in [4.78, 5) is 35.8. The van der Waals surface area contributed by atoms with Gasteiger partial charge in [-0.15, -0.1) is 0 Å². The molecule has 368 valence electrons. The number of aliphatic hydroxyl groups excluding tert-OH is 5. The molecule has 6 unspecified atom stereocenters. The van der Waals surface area contributed by atoms with Crippen molar-refractivity contribution in [3.8, 4) is 0 Å². The van der Waals surface area contributed by atoms with Gasteiger partial charge in [-0.1, -0.05) is 213 Å². The molecular weight excluding hydrogens is 815 g/mol. The lowest BCUT2D eigenvalue weighted by Crippen LogP contribution is -2.64. The van der Waals surface area contributed by atoms with Crippen molar-refractivity contribution < 1.29 is 63.1 Å². The molecule has 0 radical (unpaired) electrons. The van der Waals surface area contributed by atoms with Gasteiger partial charge in [0.05, 0.1) is 6.61 Å². The number of hydrogen-bond donors (Lipinski definition) is 6. The van der Waals surface area contributed by atoms with Gasteiger partial charge in [-0.3, -0.25) is 18.6 Å². The highest BCUT2D eigenvalue weighted by Gasteiger charge is 2.51. The smallest absolute Gasteiger partial charge is 0.462 e. The molecule has 13 nitrogen and oxygen atoms in total. The first kappa shape index (κ1) is 58.9. The summed E-state index contributed by atoms with van der Waals surface area (Å²) in [6.45, 7) is 3.34. The van der Waals surface area contributed by atoms with Gasteiger partial charge in [-0.2, -0.15) is 0 Å². The van der Waals surface area contributed by atoms with E-state index in [1.165, 1.54) is 161 Å². The molecule has 1 aliphatic carbocycles. The molecule has 1 saturated carbocycles. The summed E-state index contributed by atoms with van der Waals surface area (Å²) in [6.07, 6.45) is 27.2. The number of hydrogen-bond acceptors (Lipinski definition) is 12. The molecule has 14 heteroatoms. The first-order chi connectivity index (χ1) is 29.9. The summed E-state index contributed by atoms with van der Waals surface area (Å²) in [7, 11) is -5.11. The molecule has 0 aromatic heterocycles. The van der Waals surface area contributed by atoms with Gasteiger partial charge in [-0.25, -0.2) is 4.57 Å². The van der Waals surface area contributed by atoms with Crippen LogP contribution in [0.5, 0.6) is 0 Å². The van der Waals surface area contributed by atoms with E-state index in [1.807, 2.05) is 0 Å². The van der Waals surface area contributed by atoms with Crippen molar-refractivity contribution in [3.05, 3.63) is 0 Å². The second-order valence-corrected chi connectivity index (χ2v) is 19.4. The predicted molar refractivity (Wildman–Crippen MR) is 244 cm³/mol. The number of phosphoric acid groups is 1. The molecule has 0 aromatic carbocycles. The molecule has 0 aliphatic heterocycles. The fourth-order valence-corrected chi connectivity index (χ4v) is 9.09. The van der Waals surface area contributed by atoms with Crippen LogP contribution in [0.15, 0.2) is 0 Å². The first-order valence-corrected chi connectivity index (χ1v) is 26.8. The van der Waals surface area contributed by atoms with Crippen molar-refractivity contribution >= 4 is 19.8 Å². The van der Waals surface area contributed by atoms with Gasteiger partial charge in [0.2, 0.25) is 0 Å². The summed E-state index contributed by atoms with van der Waals surface area (Å²) >= 11 is 0. The Hall–Kier alpha value is -1.15. The van der Waals surface area contributed by atoms with Crippen molar-refractivity contribution in [3.63, 3.8) is 0 Å². The summed E-state index contributed by atoms with van der Waals surface area (Å²) in [5.74, 6) is -1.08. The predicted octanol–water partition coefficient (Wildman–Crippen LogP) is 10.5. The SMILES string of the molecule is CCCCCCCCCCCCCCCCCCCCCC(=O)OC[C@H](COP(=O)(O)OC1C(O)C(O)C(O)[C@@H](O)C1O)OC(=O)CCCCCCCCCCCCCCCC. The van der Waals surface area contributed by atoms with Crippen LogP contribution in [0.2, 0.25) is 0 Å². The van der Waals surface area contributed by atoms with E-state index in [4.69, 9.17) is 18.5 Å². The van der Waals surface area contributed by atoms with Crippen molar-refractivity contribution in [1.82, 2.24) is 0 Å². The number of carbonyl (C=O) groups excluding carboxylic acids is 2. The molecule has 62 heavy (non-hydrogen) atoms. The Morgan fingerprint density at radius 1 is 0.435 bits per heavy atom. The van der Waals surface area contributed by atoms with Crippen LogP contribution < -0.4 is 0 Å². The van der Waals surface area contributed by atoms with E-state index in [2.05, 4.69) is 13.8 Å². The molecule has 1 fully saturated rings. The summed E-state index contributed by atoms with van der Waals surface area (Å²) < 4.78 is 33.6. The topological polar surface area (TPSA) is 210 Å². The van der Waals surface area contributed by atoms with Gasteiger partial charge < -0.3 is 39.9 Å². The van der Waals surface area contributed by atoms with Crippen LogP contribution >= 0.6 is 7.82 Å². The molecule has 8 atom stereocenters. The van der Waals surface area contributed by atoms with Crippen LogP contribution in [0.25, 0.3) is 0 Å². The van der Waals surface area contributed by atoms with E-state index < -0.39 is 75.7 Å². The van der Waals surface area contributed by atoms with E-state index in [0.717, 1.165) is 38.5 Å². The van der Waals surface area contributed by atoms with Gasteiger partial charge in [0.1, 0.15) is 43.2 Å². The highest BCUT2D eigenvalue weighted by molar-refractivity contribution is 7.47. The zero-order valence-electron chi connectivity index (χ0n) is 39.2. The minimum absolute atomic E-state index is 0.105. The van der Waals surface area contributed by atoms with E-state index in [1.54, 1.807) is 0 Å². The summed E-state index contributed by atoms with van der Waals surface area (Å²) in [5.41, 5.74) is 0. The van der Waals surface area contributed by atoms with Gasteiger partial charge in [0.15, 0.2) is 6.10 Å². The van der Waals surface area contributed by atoms with Crippen LogP contribution in [0.3, 0.4) is 0 Å². The number of ether oxygens (including phenoxy) is 2. The third kappa shape index (κ3) is 30.9. The molecular formula is C48H93O13P. The lowest BCUT2D eigenvalue weighted by molar-refractivity contribution is -0.220. The second-order valence-electron chi connectivity index (χ2n) is 18.0. The molecule has 0 aromatic rings. The van der Waals surface area contributed by atoms with Gasteiger partial charge >= 0.3 is 19.8 Å². The van der Waals surface area contributed by atoms with Gasteiger partial charge in [0, 0.05) is 12.8 Å². The van der Waals surface area contributed by atoms with Crippen molar-refractivity contribution in [2.45, 2.75) is 281 Å². The number of esters is 2. The lowest BCUT2D eigenvalue weighted by atomic mass is 9.85. The Labute approximate surface area is 376 Å². The van der Waals surface area contributed by atoms with Crippen LogP contribution in [-0.2, 0) is 32.7 Å². The Bertz CT molecular complexity index is 1100. The Kier molecular flexibility index (Phi) is 37.1. The zero-order chi connectivity index (χ0) is 45.7. The summed E-state index contributed by atoms with van der Waals surface area (Å²) in [5, 5.41) is 50.2. The van der Waals surface area contributed by atoms with E-state index in [0.29, 0.717) is 12.8 Å². The standard InChI is InChI=1S/C48H93O13P/c1-3-5-7-9-11-13-15-17-19-20-21-22-23-25-26-28-30-32-34-36-41(49)58-38-40(39-59-62(56,57)61-48-46(54)44(52)43(51)45(53)47(48)55)60-42(50)37-35-33-31-29-27-24-18-16-14-12-10-8-6-4-2/h40,43-48,51-55H,3-39H2,1-2H3,(H,56,57)/t40-,43?,44-,45?,46?,47?,48?/m1/s1. The Balaban J connectivity index is 2.38. The monoisotopic (exact) mass is 909 g/mol. The van der Waals surface area contributed by atoms with Crippen molar-refractivity contribution in [1.29, 1.82) is 0 Å². The zero-order valence-corrected chi connectivity index (χ0v) is 40.1. The van der Waals surface area contributed by atoms with Crippen molar-refractivity contribution in [2.75, 3.05) is 13.2 Å². The minimum atomic E-state index is -5.11. The van der Waals surface area contributed by atoms with E-state index >= 15 is 0 Å². The fraction of sp³-hybridized carbons (Fsp3) is 0.958. The highest BCUT2D eigenvalue weighted by Crippen LogP contribution is 2.47. The number of carbonyl (C=O) groups is 2. The molecule has 1 aliphatic rings. The molecule has 6 N–H and O–H groups in total. The Morgan fingerprint density at radius 2 is 0.726 bits per heavy atom. The maximum absolute atomic E-state index is 12.8. The number of phosphoric ester groups is 1. The lowest BCUT2D eigenvalue weighted by Gasteiger charge is -2.41. The molecule has 0 saturated heterocycles. The fourth-order valence-electron chi connectivity index (χ4n) is 8.11. The number of rotatable bonds is 43. The molecule has 0 heterocycles. The van der Waals surface area contributed by atoms with E-state index in [-0.39, 0.29) is 12.8 Å². The largest absolute Gasteiger partial charge is 0.472 e. The number of aliphatic hydroxyl groups is 5. The molecule has 0 spiro atoms. The average molecular weight is 909 g/mol. The van der Waals surface area contributed by atoms with Crippen LogP contribution in [0, 0.1) is 0 Å². The average Bonchev–Trinajstić information content (AvgIpc) is 3.25. The third-order valence-electron chi connectivity index (χ3n) is 12.2. The van der Waals surface area contributed by atoms with Crippen LogP contribution in [-0.4, -0.2) is 98.3 Å². The number of unbranched alkanes of at least 4 members (excludes halogenated alkanes) is 31. The molecule has 0 amide bonds. The normalized spacial score (nSPS) is 21.7. The van der Waals surface area contributed by atoms with Gasteiger partial charge in [-0.05, 0) is 12.8 Å². The highest BCUT2D eigenvalue weighted by atomic mass is 31.2. The molecule has 0 bridgehead atoms. The summed E-state index contributed by atoms with van der Waals surface area (Å²) in [6, 6.07) is 0.